The van der Waals surface area contributed by atoms with Gasteiger partial charge in [-0.15, -0.1) is 0 Å². The topological polar surface area (TPSA) is 100 Å². The lowest BCUT2D eigenvalue weighted by Gasteiger charge is -2.37. The Kier molecular flexibility index (Phi) is 4.46. The minimum absolute atomic E-state index is 0.391. The minimum atomic E-state index is -0.873. The van der Waals surface area contributed by atoms with Gasteiger partial charge in [0.1, 0.15) is 17.9 Å². The van der Waals surface area contributed by atoms with E-state index in [9.17, 15) is 9.90 Å². The van der Waals surface area contributed by atoms with Gasteiger partial charge < -0.3 is 25.9 Å². The fourth-order valence-electron chi connectivity index (χ4n) is 4.27. The van der Waals surface area contributed by atoms with E-state index >= 15 is 0 Å². The fourth-order valence-corrected chi connectivity index (χ4v) is 4.27. The highest BCUT2D eigenvalue weighted by Crippen LogP contribution is 2.41. The van der Waals surface area contributed by atoms with Crippen LogP contribution in [0.25, 0.3) is 10.9 Å². The number of aromatic nitrogens is 1. The Morgan fingerprint density at radius 1 is 1.35 bits per heavy atom. The van der Waals surface area contributed by atoms with Crippen LogP contribution in [-0.4, -0.2) is 33.9 Å². The summed E-state index contributed by atoms with van der Waals surface area (Å²) in [5.41, 5.74) is 8.41. The van der Waals surface area contributed by atoms with Gasteiger partial charge in [0, 0.05) is 29.2 Å². The number of benzene rings is 1. The summed E-state index contributed by atoms with van der Waals surface area (Å²) in [6.07, 6.45) is 8.77. The van der Waals surface area contributed by atoms with Crippen molar-refractivity contribution in [1.82, 2.24) is 10.3 Å². The van der Waals surface area contributed by atoms with Crippen LogP contribution in [0.4, 0.5) is 0 Å². The number of fused-ring (bicyclic) bond motifs is 1. The molecule has 4 rings (SSSR count). The zero-order valence-electron chi connectivity index (χ0n) is 14.7. The Morgan fingerprint density at radius 3 is 2.88 bits per heavy atom. The lowest BCUT2D eigenvalue weighted by atomic mass is 9.82. The number of aliphatic carboxylic acids is 1. The van der Waals surface area contributed by atoms with Crippen molar-refractivity contribution in [3.8, 4) is 0 Å². The molecule has 138 valence electrons. The third-order valence-electron chi connectivity index (χ3n) is 5.57. The maximum atomic E-state index is 11.9. The predicted molar refractivity (Wildman–Crippen MR) is 99.5 cm³/mol. The molecule has 6 nitrogen and oxygen atoms in total. The monoisotopic (exact) mass is 355 g/mol. The molecular formula is C20H25N3O3. The molecule has 0 amide bonds. The van der Waals surface area contributed by atoms with Crippen LogP contribution in [-0.2, 0) is 16.0 Å². The van der Waals surface area contributed by atoms with Crippen LogP contribution in [0.2, 0.25) is 0 Å². The van der Waals surface area contributed by atoms with Crippen molar-refractivity contribution in [2.45, 2.75) is 56.4 Å². The maximum absolute atomic E-state index is 11.9. The molecule has 2 aromatic rings. The van der Waals surface area contributed by atoms with Gasteiger partial charge in [0.2, 0.25) is 0 Å². The van der Waals surface area contributed by atoms with Crippen molar-refractivity contribution in [3.05, 3.63) is 47.8 Å². The molecule has 1 fully saturated rings. The van der Waals surface area contributed by atoms with E-state index in [-0.39, 0.29) is 0 Å². The van der Waals surface area contributed by atoms with Gasteiger partial charge in [-0.2, -0.15) is 0 Å². The lowest BCUT2D eigenvalue weighted by Crippen LogP contribution is -2.46. The number of ether oxygens (including phenoxy) is 1. The number of rotatable bonds is 5. The number of nitrogens with one attached hydrogen (secondary N) is 2. The van der Waals surface area contributed by atoms with Gasteiger partial charge in [-0.05, 0) is 30.5 Å². The Balaban J connectivity index is 1.57. The normalized spacial score (nSPS) is 23.1. The molecule has 2 aliphatic rings. The number of hydrogen-bond donors (Lipinski definition) is 4. The highest BCUT2D eigenvalue weighted by molar-refractivity contribution is 5.84. The van der Waals surface area contributed by atoms with Gasteiger partial charge in [-0.25, -0.2) is 4.79 Å². The van der Waals surface area contributed by atoms with Crippen molar-refractivity contribution in [3.63, 3.8) is 0 Å². The van der Waals surface area contributed by atoms with Crippen molar-refractivity contribution in [2.75, 3.05) is 0 Å². The summed E-state index contributed by atoms with van der Waals surface area (Å²) in [6.45, 7) is 0. The Morgan fingerprint density at radius 2 is 2.12 bits per heavy atom. The van der Waals surface area contributed by atoms with E-state index in [0.29, 0.717) is 6.42 Å². The van der Waals surface area contributed by atoms with E-state index in [1.807, 2.05) is 36.5 Å². The molecule has 0 bridgehead atoms. The second kappa shape index (κ2) is 6.78. The molecule has 2 atom stereocenters. The zero-order chi connectivity index (χ0) is 18.1. The molecular weight excluding hydrogens is 330 g/mol. The summed E-state index contributed by atoms with van der Waals surface area (Å²) in [5.74, 6) is -0.873. The van der Waals surface area contributed by atoms with E-state index in [4.69, 9.17) is 10.5 Å². The van der Waals surface area contributed by atoms with Crippen molar-refractivity contribution in [2.24, 2.45) is 5.73 Å². The van der Waals surface area contributed by atoms with Crippen LogP contribution in [0, 0.1) is 0 Å². The van der Waals surface area contributed by atoms with E-state index in [2.05, 4.69) is 10.3 Å². The molecule has 1 aromatic heterocycles. The van der Waals surface area contributed by atoms with Crippen LogP contribution < -0.4 is 11.1 Å². The van der Waals surface area contributed by atoms with E-state index in [1.54, 1.807) is 0 Å². The van der Waals surface area contributed by atoms with Crippen LogP contribution in [0.3, 0.4) is 0 Å². The second-order valence-corrected chi connectivity index (χ2v) is 7.32. The number of aromatic amines is 1. The minimum Gasteiger partial charge on any atom is -0.480 e. The molecule has 1 spiro atoms. The highest BCUT2D eigenvalue weighted by Gasteiger charge is 2.43. The van der Waals surface area contributed by atoms with Crippen molar-refractivity contribution in [1.29, 1.82) is 0 Å². The first kappa shape index (κ1) is 17.1. The van der Waals surface area contributed by atoms with E-state index in [0.717, 1.165) is 47.8 Å². The molecule has 5 N–H and O–H groups in total. The third-order valence-corrected chi connectivity index (χ3v) is 5.57. The number of carbonyl (C=O) groups is 1. The standard InChI is InChI=1S/C20H25N3O3/c21-18-11-17(20(26-18)8-4-1-5-9-20)23-16(19(24)25)10-13-12-22-15-7-3-2-6-14(13)15/h2-3,6-7,11-12,16,18,22-23H,1,4-5,8-10,21H2,(H,24,25). The van der Waals surface area contributed by atoms with Gasteiger partial charge in [0.15, 0.2) is 0 Å². The molecule has 2 heterocycles. The van der Waals surface area contributed by atoms with Crippen LogP contribution in [0.5, 0.6) is 0 Å². The maximum Gasteiger partial charge on any atom is 0.326 e. The summed E-state index contributed by atoms with van der Waals surface area (Å²) in [5, 5.41) is 14.1. The first-order chi connectivity index (χ1) is 12.6. The average molecular weight is 355 g/mol. The summed E-state index contributed by atoms with van der Waals surface area (Å²) in [4.78, 5) is 15.1. The largest absolute Gasteiger partial charge is 0.480 e. The van der Waals surface area contributed by atoms with Crippen LogP contribution >= 0.6 is 0 Å². The zero-order valence-corrected chi connectivity index (χ0v) is 14.7. The summed E-state index contributed by atoms with van der Waals surface area (Å²) < 4.78 is 6.01. The SMILES string of the molecule is NC1C=C(NC(Cc2c[nH]c3ccccc23)C(=O)O)C2(CCCCC2)O1. The molecule has 1 saturated carbocycles. The van der Waals surface area contributed by atoms with Gasteiger partial charge in [0.25, 0.3) is 0 Å². The highest BCUT2D eigenvalue weighted by atomic mass is 16.5. The third kappa shape index (κ3) is 3.10. The van der Waals surface area contributed by atoms with Crippen LogP contribution in [0.15, 0.2) is 42.2 Å². The first-order valence-corrected chi connectivity index (χ1v) is 9.27. The van der Waals surface area contributed by atoms with E-state index in [1.165, 1.54) is 6.42 Å². The number of nitrogens with two attached hydrogens (primary N) is 1. The van der Waals surface area contributed by atoms with Crippen LogP contribution in [0.1, 0.15) is 37.7 Å². The number of carboxylic acids is 1. The fraction of sp³-hybridized carbons (Fsp3) is 0.450. The molecule has 0 saturated heterocycles. The molecule has 2 unspecified atom stereocenters. The van der Waals surface area contributed by atoms with Crippen molar-refractivity contribution < 1.29 is 14.6 Å². The van der Waals surface area contributed by atoms with Gasteiger partial charge in [0.05, 0.1) is 0 Å². The van der Waals surface area contributed by atoms with Crippen molar-refractivity contribution >= 4 is 16.9 Å². The Bertz CT molecular complexity index is 836. The summed E-state index contributed by atoms with van der Waals surface area (Å²) in [6, 6.07) is 7.20. The summed E-state index contributed by atoms with van der Waals surface area (Å²) >= 11 is 0. The quantitative estimate of drug-likeness (QED) is 0.661. The van der Waals surface area contributed by atoms with Gasteiger partial charge in [-0.1, -0.05) is 37.5 Å². The molecule has 1 aliphatic carbocycles. The number of H-pyrrole nitrogens is 1. The molecule has 6 heteroatoms. The predicted octanol–water partition coefficient (Wildman–Crippen LogP) is 2.65. The Hall–Kier alpha value is -2.31. The molecule has 1 aliphatic heterocycles. The second-order valence-electron chi connectivity index (χ2n) is 7.32. The van der Waals surface area contributed by atoms with Gasteiger partial charge in [-0.3, -0.25) is 0 Å². The molecule has 26 heavy (non-hydrogen) atoms. The van der Waals surface area contributed by atoms with E-state index < -0.39 is 23.8 Å². The Labute approximate surface area is 152 Å². The first-order valence-electron chi connectivity index (χ1n) is 9.27. The molecule has 0 radical (unpaired) electrons. The summed E-state index contributed by atoms with van der Waals surface area (Å²) in [7, 11) is 0. The molecule has 1 aromatic carbocycles. The number of para-hydroxylation sites is 1. The number of hydrogen-bond acceptors (Lipinski definition) is 4. The smallest absolute Gasteiger partial charge is 0.326 e. The number of carboxylic acid groups (broad SMARTS) is 1. The lowest BCUT2D eigenvalue weighted by molar-refractivity contribution is -0.139. The average Bonchev–Trinajstić information content (AvgIpc) is 3.16. The van der Waals surface area contributed by atoms with Gasteiger partial charge >= 0.3 is 5.97 Å².